The zero-order valence-electron chi connectivity index (χ0n) is 9.23. The number of methoxy groups -OCH3 is 1. The number of aryl methyl sites for hydroxylation is 1. The second kappa shape index (κ2) is 4.63. The molecule has 0 atom stereocenters. The molecule has 0 fully saturated rings. The van der Waals surface area contributed by atoms with Crippen molar-refractivity contribution in [2.45, 2.75) is 13.5 Å². The lowest BCUT2D eigenvalue weighted by atomic mass is 10.1. The van der Waals surface area contributed by atoms with Crippen LogP contribution >= 0.6 is 11.3 Å². The molecule has 3 nitrogen and oxygen atoms in total. The summed E-state index contributed by atoms with van der Waals surface area (Å²) in [5, 5.41) is 9.88. The predicted molar refractivity (Wildman–Crippen MR) is 64.8 cm³/mol. The number of hydrogen-bond donors (Lipinski definition) is 1. The van der Waals surface area contributed by atoms with E-state index in [4.69, 9.17) is 4.74 Å². The molecule has 1 heterocycles. The van der Waals surface area contributed by atoms with Crippen LogP contribution in [-0.4, -0.2) is 17.2 Å². The van der Waals surface area contributed by atoms with Crippen LogP contribution in [0.15, 0.2) is 24.3 Å². The van der Waals surface area contributed by atoms with Crippen molar-refractivity contribution in [1.29, 1.82) is 0 Å². The number of rotatable bonds is 3. The highest BCUT2D eigenvalue weighted by Crippen LogP contribution is 2.33. The number of ether oxygens (including phenoxy) is 1. The van der Waals surface area contributed by atoms with Crippen LogP contribution in [0.4, 0.5) is 0 Å². The first kappa shape index (κ1) is 11.1. The molecular weight excluding hydrogens is 222 g/mol. The molecule has 1 aromatic carbocycles. The van der Waals surface area contributed by atoms with Gasteiger partial charge in [0.2, 0.25) is 0 Å². The molecule has 0 spiro atoms. The van der Waals surface area contributed by atoms with Gasteiger partial charge in [-0.05, 0) is 12.5 Å². The number of hydrogen-bond acceptors (Lipinski definition) is 4. The third-order valence-corrected chi connectivity index (χ3v) is 3.40. The van der Waals surface area contributed by atoms with E-state index in [9.17, 15) is 5.11 Å². The van der Waals surface area contributed by atoms with Gasteiger partial charge in [0, 0.05) is 5.56 Å². The van der Waals surface area contributed by atoms with Crippen LogP contribution in [0.3, 0.4) is 0 Å². The Bertz CT molecular complexity index is 494. The summed E-state index contributed by atoms with van der Waals surface area (Å²) in [6, 6.07) is 7.99. The summed E-state index contributed by atoms with van der Waals surface area (Å²) < 4.78 is 5.09. The van der Waals surface area contributed by atoms with E-state index < -0.39 is 0 Å². The van der Waals surface area contributed by atoms with Crippen molar-refractivity contribution in [3.05, 3.63) is 34.7 Å². The van der Waals surface area contributed by atoms with E-state index in [1.54, 1.807) is 7.11 Å². The Balaban J connectivity index is 2.54. The van der Waals surface area contributed by atoms with Gasteiger partial charge in [-0.1, -0.05) is 35.6 Å². The minimum absolute atomic E-state index is 0.00923. The molecule has 16 heavy (non-hydrogen) atoms. The van der Waals surface area contributed by atoms with Gasteiger partial charge in [0.05, 0.1) is 24.3 Å². The third kappa shape index (κ3) is 1.94. The van der Waals surface area contributed by atoms with Crippen molar-refractivity contribution in [3.8, 4) is 16.5 Å². The standard InChI is InChI=1S/C12H13NO2S/c1-8-5-3-4-6-9(8)11-10(7-14)16-12(13-11)15-2/h3-6,14H,7H2,1-2H3. The molecular formula is C12H13NO2S. The Hall–Kier alpha value is -1.39. The summed E-state index contributed by atoms with van der Waals surface area (Å²) in [4.78, 5) is 5.21. The van der Waals surface area contributed by atoms with Crippen molar-refractivity contribution >= 4 is 11.3 Å². The van der Waals surface area contributed by atoms with E-state index in [2.05, 4.69) is 4.98 Å². The maximum Gasteiger partial charge on any atom is 0.273 e. The van der Waals surface area contributed by atoms with Crippen LogP contribution in [0.1, 0.15) is 10.4 Å². The number of aromatic nitrogens is 1. The van der Waals surface area contributed by atoms with Gasteiger partial charge < -0.3 is 9.84 Å². The largest absolute Gasteiger partial charge is 0.473 e. The number of thiazole rings is 1. The van der Waals surface area contributed by atoms with E-state index >= 15 is 0 Å². The highest BCUT2D eigenvalue weighted by atomic mass is 32.1. The quantitative estimate of drug-likeness (QED) is 0.889. The Labute approximate surface area is 98.4 Å². The zero-order valence-corrected chi connectivity index (χ0v) is 10.0. The first-order chi connectivity index (χ1) is 7.76. The van der Waals surface area contributed by atoms with Crippen LogP contribution in [0.5, 0.6) is 5.19 Å². The Morgan fingerprint density at radius 2 is 2.12 bits per heavy atom. The number of nitrogens with zero attached hydrogens (tertiary/aromatic N) is 1. The topological polar surface area (TPSA) is 42.4 Å². The number of benzene rings is 1. The molecule has 0 aliphatic carbocycles. The fraction of sp³-hybridized carbons (Fsp3) is 0.250. The second-order valence-corrected chi connectivity index (χ2v) is 4.47. The van der Waals surface area contributed by atoms with E-state index in [1.165, 1.54) is 11.3 Å². The highest BCUT2D eigenvalue weighted by molar-refractivity contribution is 7.13. The Kier molecular flexibility index (Phi) is 3.22. The Morgan fingerprint density at radius 3 is 2.75 bits per heavy atom. The molecule has 0 bridgehead atoms. The molecule has 0 aliphatic heterocycles. The maximum absolute atomic E-state index is 9.29. The van der Waals surface area contributed by atoms with Crippen LogP contribution in [0, 0.1) is 6.92 Å². The van der Waals surface area contributed by atoms with Gasteiger partial charge in [0.15, 0.2) is 0 Å². The van der Waals surface area contributed by atoms with Crippen molar-refractivity contribution in [3.63, 3.8) is 0 Å². The first-order valence-corrected chi connectivity index (χ1v) is 5.78. The lowest BCUT2D eigenvalue weighted by molar-refractivity contribution is 0.286. The lowest BCUT2D eigenvalue weighted by Gasteiger charge is -2.03. The summed E-state index contributed by atoms with van der Waals surface area (Å²) in [7, 11) is 1.58. The van der Waals surface area contributed by atoms with Crippen molar-refractivity contribution in [2.75, 3.05) is 7.11 Å². The SMILES string of the molecule is COc1nc(-c2ccccc2C)c(CO)s1. The second-order valence-electron chi connectivity index (χ2n) is 3.43. The fourth-order valence-corrected chi connectivity index (χ4v) is 2.32. The van der Waals surface area contributed by atoms with Crippen LogP contribution in [-0.2, 0) is 6.61 Å². The smallest absolute Gasteiger partial charge is 0.273 e. The van der Waals surface area contributed by atoms with E-state index in [1.807, 2.05) is 31.2 Å². The average Bonchev–Trinajstić information content (AvgIpc) is 2.72. The summed E-state index contributed by atoms with van der Waals surface area (Å²) in [6.07, 6.45) is 0. The molecule has 2 rings (SSSR count). The highest BCUT2D eigenvalue weighted by Gasteiger charge is 2.13. The van der Waals surface area contributed by atoms with Crippen molar-refractivity contribution in [2.24, 2.45) is 0 Å². The summed E-state index contributed by atoms with van der Waals surface area (Å²) in [6.45, 7) is 2.02. The number of aliphatic hydroxyl groups is 1. The first-order valence-electron chi connectivity index (χ1n) is 4.96. The zero-order chi connectivity index (χ0) is 11.5. The molecule has 1 N–H and O–H groups in total. The average molecular weight is 235 g/mol. The van der Waals surface area contributed by atoms with E-state index in [0.717, 1.165) is 21.7 Å². The third-order valence-electron chi connectivity index (χ3n) is 2.40. The minimum atomic E-state index is -0.00923. The summed E-state index contributed by atoms with van der Waals surface area (Å²) >= 11 is 1.38. The van der Waals surface area contributed by atoms with E-state index in [0.29, 0.717) is 5.19 Å². The summed E-state index contributed by atoms with van der Waals surface area (Å²) in [5.74, 6) is 0. The lowest BCUT2D eigenvalue weighted by Crippen LogP contribution is -1.88. The van der Waals surface area contributed by atoms with Crippen LogP contribution in [0.25, 0.3) is 11.3 Å². The van der Waals surface area contributed by atoms with Gasteiger partial charge in [-0.2, -0.15) is 0 Å². The molecule has 0 radical (unpaired) electrons. The van der Waals surface area contributed by atoms with Crippen molar-refractivity contribution < 1.29 is 9.84 Å². The van der Waals surface area contributed by atoms with Gasteiger partial charge in [0.25, 0.3) is 5.19 Å². The summed E-state index contributed by atoms with van der Waals surface area (Å²) in [5.41, 5.74) is 3.01. The van der Waals surface area contributed by atoms with Gasteiger partial charge in [-0.3, -0.25) is 0 Å². The maximum atomic E-state index is 9.29. The van der Waals surface area contributed by atoms with Gasteiger partial charge in [-0.25, -0.2) is 4.98 Å². The molecule has 2 aromatic rings. The monoisotopic (exact) mass is 235 g/mol. The van der Waals surface area contributed by atoms with Crippen molar-refractivity contribution in [1.82, 2.24) is 4.98 Å². The molecule has 1 aromatic heterocycles. The molecule has 4 heteroatoms. The van der Waals surface area contributed by atoms with Gasteiger partial charge in [-0.15, -0.1) is 0 Å². The minimum Gasteiger partial charge on any atom is -0.473 e. The molecule has 0 saturated carbocycles. The fourth-order valence-electron chi connectivity index (χ4n) is 1.57. The predicted octanol–water partition coefficient (Wildman–Crippen LogP) is 2.62. The molecule has 0 saturated heterocycles. The molecule has 84 valence electrons. The Morgan fingerprint density at radius 1 is 1.38 bits per heavy atom. The normalized spacial score (nSPS) is 10.4. The number of aliphatic hydroxyl groups excluding tert-OH is 1. The van der Waals surface area contributed by atoms with Gasteiger partial charge >= 0.3 is 0 Å². The molecule has 0 unspecified atom stereocenters. The van der Waals surface area contributed by atoms with Crippen LogP contribution < -0.4 is 4.74 Å². The molecule has 0 aliphatic rings. The van der Waals surface area contributed by atoms with Gasteiger partial charge in [0.1, 0.15) is 0 Å². The molecule has 0 amide bonds. The van der Waals surface area contributed by atoms with E-state index in [-0.39, 0.29) is 6.61 Å². The van der Waals surface area contributed by atoms with Crippen LogP contribution in [0.2, 0.25) is 0 Å².